The molecule has 6 heterocycles. The van der Waals surface area contributed by atoms with Crippen LogP contribution in [0.5, 0.6) is 0 Å². The Kier molecular flexibility index (Phi) is 9.03. The van der Waals surface area contributed by atoms with Gasteiger partial charge in [-0.2, -0.15) is 10.5 Å². The van der Waals surface area contributed by atoms with Crippen LogP contribution in [0.4, 0.5) is 0 Å². The van der Waals surface area contributed by atoms with E-state index in [1.165, 1.54) is 26.2 Å². The molecule has 7 nitrogen and oxygen atoms in total. The highest BCUT2D eigenvalue weighted by Gasteiger charge is 2.27. The summed E-state index contributed by atoms with van der Waals surface area (Å²) < 4.78 is 13.7. The van der Waals surface area contributed by atoms with Crippen LogP contribution in [0.1, 0.15) is 11.1 Å². The van der Waals surface area contributed by atoms with Crippen molar-refractivity contribution in [1.29, 1.82) is 10.5 Å². The van der Waals surface area contributed by atoms with Crippen LogP contribution in [-0.2, 0) is 0 Å². The zero-order valence-electron chi connectivity index (χ0n) is 43.6. The van der Waals surface area contributed by atoms with Gasteiger partial charge < -0.3 is 22.8 Å². The second-order valence-electron chi connectivity index (χ2n) is 21.3. The number of aromatic nitrogens is 5. The van der Waals surface area contributed by atoms with E-state index >= 15 is 0 Å². The van der Waals surface area contributed by atoms with Crippen molar-refractivity contribution in [3.8, 4) is 40.6 Å². The van der Waals surface area contributed by atoms with Crippen molar-refractivity contribution in [2.24, 2.45) is 0 Å². The lowest BCUT2D eigenvalue weighted by Crippen LogP contribution is -2.05. The maximum atomic E-state index is 11.8. The van der Waals surface area contributed by atoms with Crippen LogP contribution in [0.25, 0.3) is 158 Å². The van der Waals surface area contributed by atoms with E-state index in [0.29, 0.717) is 22.5 Å². The molecule has 0 aliphatic heterocycles. The lowest BCUT2D eigenvalue weighted by molar-refractivity contribution is 1.12. The summed E-state index contributed by atoms with van der Waals surface area (Å²) in [5, 5.41) is 36.8. The second kappa shape index (κ2) is 16.6. The fourth-order valence-electron chi connectivity index (χ4n) is 13.7. The van der Waals surface area contributed by atoms with Crippen LogP contribution >= 0.6 is 11.3 Å². The molecular formula is C74H39N7S. The third-order valence-corrected chi connectivity index (χ3v) is 18.3. The molecule has 0 amide bonds. The fraction of sp³-hybridized carbons (Fsp3) is 0. The van der Waals surface area contributed by atoms with Gasteiger partial charge in [-0.25, -0.2) is 0 Å². The largest absolute Gasteiger partial charge is 0.309 e. The Bertz CT molecular complexity index is 5820. The summed E-state index contributed by atoms with van der Waals surface area (Å²) in [6.07, 6.45) is 0. The molecule has 0 spiro atoms. The van der Waals surface area contributed by atoms with Crippen molar-refractivity contribution >= 4 is 141 Å². The normalized spacial score (nSPS) is 12.0. The smallest absolute Gasteiger partial charge is 0.106 e. The third-order valence-electron chi connectivity index (χ3n) is 17.2. The van der Waals surface area contributed by atoms with Gasteiger partial charge in [-0.1, -0.05) is 140 Å². The Morgan fingerprint density at radius 2 is 0.780 bits per heavy atom. The summed E-state index contributed by atoms with van der Waals surface area (Å²) in [4.78, 5) is 0. The van der Waals surface area contributed by atoms with E-state index in [-0.39, 0.29) is 0 Å². The van der Waals surface area contributed by atoms with Gasteiger partial charge >= 0.3 is 0 Å². The van der Waals surface area contributed by atoms with Gasteiger partial charge in [0.1, 0.15) is 17.7 Å². The number of rotatable bonds is 5. The maximum absolute atomic E-state index is 11.8. The summed E-state index contributed by atoms with van der Waals surface area (Å²) in [6.45, 7) is 0. The van der Waals surface area contributed by atoms with Gasteiger partial charge in [0.15, 0.2) is 0 Å². The van der Waals surface area contributed by atoms with Crippen LogP contribution in [0.2, 0.25) is 0 Å². The number of nitrogens with zero attached hydrogens (tertiary/aromatic N) is 7. The molecule has 18 aromatic rings. The zero-order chi connectivity index (χ0) is 53.9. The molecule has 376 valence electrons. The minimum Gasteiger partial charge on any atom is -0.309 e. The van der Waals surface area contributed by atoms with E-state index in [9.17, 15) is 10.5 Å². The number of thiophene rings is 1. The molecule has 0 fully saturated rings. The van der Waals surface area contributed by atoms with E-state index in [2.05, 4.69) is 265 Å². The minimum absolute atomic E-state index is 0.414. The van der Waals surface area contributed by atoms with Crippen LogP contribution in [0.15, 0.2) is 237 Å². The predicted octanol–water partition coefficient (Wildman–Crippen LogP) is 18.9. The van der Waals surface area contributed by atoms with E-state index in [1.807, 2.05) is 18.2 Å². The maximum Gasteiger partial charge on any atom is 0.106 e. The fourth-order valence-corrected chi connectivity index (χ4v) is 14.9. The monoisotopic (exact) mass is 1060 g/mol. The van der Waals surface area contributed by atoms with Gasteiger partial charge in [-0.15, -0.1) is 11.3 Å². The van der Waals surface area contributed by atoms with Gasteiger partial charge in [-0.05, 0) is 109 Å². The van der Waals surface area contributed by atoms with Crippen molar-refractivity contribution < 1.29 is 0 Å². The number of hydrogen-bond donors (Lipinski definition) is 0. The number of benzene rings is 11. The molecule has 0 N–H and O–H groups in total. The molecule has 18 rings (SSSR count). The van der Waals surface area contributed by atoms with Crippen molar-refractivity contribution in [3.63, 3.8) is 0 Å². The number of nitriles is 2. The number of para-hydroxylation sites is 6. The first-order chi connectivity index (χ1) is 40.6. The Labute approximate surface area is 471 Å². The molecule has 0 aliphatic carbocycles. The quantitative estimate of drug-likeness (QED) is 0.172. The van der Waals surface area contributed by atoms with Gasteiger partial charge in [-0.3, -0.25) is 0 Å². The molecular weight excluding hydrogens is 1020 g/mol. The molecule has 0 aliphatic rings. The first-order valence-corrected chi connectivity index (χ1v) is 28.2. The summed E-state index contributed by atoms with van der Waals surface area (Å²) in [6, 6.07) is 96.3. The second-order valence-corrected chi connectivity index (χ2v) is 22.4. The molecule has 82 heavy (non-hydrogen) atoms. The molecule has 12 aromatic carbocycles. The summed E-state index contributed by atoms with van der Waals surface area (Å²) >= 11 is 1.76. The first-order valence-electron chi connectivity index (χ1n) is 27.4. The third kappa shape index (κ3) is 5.96. The van der Waals surface area contributed by atoms with E-state index in [0.717, 1.165) is 120 Å². The van der Waals surface area contributed by atoms with Crippen LogP contribution < -0.4 is 0 Å². The van der Waals surface area contributed by atoms with Crippen molar-refractivity contribution in [2.45, 2.75) is 0 Å². The van der Waals surface area contributed by atoms with Crippen molar-refractivity contribution in [3.05, 3.63) is 260 Å². The zero-order valence-corrected chi connectivity index (χ0v) is 44.4. The highest BCUT2D eigenvalue weighted by molar-refractivity contribution is 7.25. The Hall–Kier alpha value is -11.3. The molecule has 0 radical (unpaired) electrons. The number of hydrogen-bond acceptors (Lipinski definition) is 3. The minimum atomic E-state index is 0.414. The van der Waals surface area contributed by atoms with Gasteiger partial charge in [0, 0.05) is 85.4 Å². The molecule has 0 atom stereocenters. The molecule has 0 bridgehead atoms. The summed E-state index contributed by atoms with van der Waals surface area (Å²) in [5.74, 6) is 0. The van der Waals surface area contributed by atoms with E-state index in [4.69, 9.17) is 0 Å². The van der Waals surface area contributed by atoms with E-state index in [1.54, 1.807) is 11.3 Å². The lowest BCUT2D eigenvalue weighted by Gasteiger charge is -2.16. The Balaban J connectivity index is 0.939. The Morgan fingerprint density at radius 3 is 1.40 bits per heavy atom. The lowest BCUT2D eigenvalue weighted by atomic mass is 10.1. The highest BCUT2D eigenvalue weighted by Crippen LogP contribution is 2.46. The molecule has 6 aromatic heterocycles. The highest BCUT2D eigenvalue weighted by atomic mass is 32.1. The van der Waals surface area contributed by atoms with Crippen molar-refractivity contribution in [2.75, 3.05) is 0 Å². The molecule has 0 saturated carbocycles. The van der Waals surface area contributed by atoms with Gasteiger partial charge in [0.25, 0.3) is 0 Å². The van der Waals surface area contributed by atoms with Crippen LogP contribution in [0.3, 0.4) is 0 Å². The molecule has 8 heteroatoms. The first kappa shape index (κ1) is 44.6. The molecule has 0 unspecified atom stereocenters. The van der Waals surface area contributed by atoms with E-state index < -0.39 is 0 Å². The number of fused-ring (bicyclic) bond motifs is 19. The van der Waals surface area contributed by atoms with Gasteiger partial charge in [0.2, 0.25) is 0 Å². The van der Waals surface area contributed by atoms with Crippen LogP contribution in [0, 0.1) is 34.8 Å². The topological polar surface area (TPSA) is 72.2 Å². The SMILES string of the molecule is N#Cc1cc(-n2c3ccc(-n4c5ccccc5c5ccccc54)cc3c3ccc4c5ccccc5n(-c5ccccc5)c4c32)c(C#N)cc1-n1c2c#cc(-n3c4ccccc4c4ccccc43)cc2c2cc3c(cc21)sc1ccccc13. The average molecular weight is 1060 g/mol. The molecule has 0 saturated heterocycles. The standard InChI is InChI=1S/C74H39N7S/c75-42-44-37-69(45(43-76)36-68(44)80-66-34-30-48(78-63-26-12-6-20-51(63)52-21-7-13-27-64(52)78)39-58(66)59-40-60-54-23-9-15-29-71(54)82-72(60)41-70(59)80)81-67-35-31-47(77-61-24-10-4-18-49(61)50-19-5-11-25-62(50)77)38-57(67)56-33-32-55-53-22-8-14-28-65(53)79(73(55)74(56)81)46-16-2-1-3-17-46/h1-29,31-33,35-41H. The van der Waals surface area contributed by atoms with Crippen LogP contribution in [-0.4, -0.2) is 22.8 Å². The Morgan fingerprint density at radius 1 is 0.293 bits per heavy atom. The average Bonchev–Trinajstić information content (AvgIpc) is 4.54. The summed E-state index contributed by atoms with van der Waals surface area (Å²) in [7, 11) is 0. The van der Waals surface area contributed by atoms with Crippen molar-refractivity contribution in [1.82, 2.24) is 22.8 Å². The van der Waals surface area contributed by atoms with Gasteiger partial charge in [0.05, 0.1) is 77.8 Å². The summed E-state index contributed by atoms with van der Waals surface area (Å²) in [5.41, 5.74) is 14.9. The predicted molar refractivity (Wildman–Crippen MR) is 338 cm³/mol.